The molecule has 0 aliphatic heterocycles. The van der Waals surface area contributed by atoms with Crippen LogP contribution in [0.1, 0.15) is 12.0 Å². The molecule has 4 aromatic heterocycles. The number of ether oxygens (including phenoxy) is 1. The molecule has 7 nitrogen and oxygen atoms in total. The third-order valence-electron chi connectivity index (χ3n) is 3.89. The Morgan fingerprint density at radius 3 is 2.81 bits per heavy atom. The highest BCUT2D eigenvalue weighted by molar-refractivity contribution is 5.75. The van der Waals surface area contributed by atoms with E-state index in [2.05, 4.69) is 25.4 Å². The van der Waals surface area contributed by atoms with Crippen molar-refractivity contribution in [1.82, 2.24) is 24.6 Å². The number of halogens is 2. The Morgan fingerprint density at radius 2 is 2.00 bits per heavy atom. The summed E-state index contributed by atoms with van der Waals surface area (Å²) in [6.07, 6.45) is 1.65. The highest BCUT2D eigenvalue weighted by Gasteiger charge is 2.16. The number of aromatic nitrogens is 5. The van der Waals surface area contributed by atoms with Crippen molar-refractivity contribution in [2.45, 2.75) is 6.43 Å². The third-order valence-corrected chi connectivity index (χ3v) is 3.89. The lowest BCUT2D eigenvalue weighted by atomic mass is 10.2. The number of hydrogen-bond acceptors (Lipinski definition) is 6. The first-order valence-corrected chi connectivity index (χ1v) is 8.01. The number of rotatable bonds is 5. The monoisotopic (exact) mass is 368 g/mol. The van der Waals surface area contributed by atoms with Crippen LogP contribution in [0.15, 0.2) is 55.0 Å². The van der Waals surface area contributed by atoms with Gasteiger partial charge in [0.25, 0.3) is 6.43 Å². The molecule has 0 aromatic carbocycles. The summed E-state index contributed by atoms with van der Waals surface area (Å²) in [6.45, 7) is 0. The summed E-state index contributed by atoms with van der Waals surface area (Å²) >= 11 is 0. The minimum Gasteiger partial charge on any atom is -0.481 e. The van der Waals surface area contributed by atoms with Gasteiger partial charge in [-0.3, -0.25) is 4.98 Å². The molecule has 0 fully saturated rings. The Labute approximate surface area is 152 Å². The average Bonchev–Trinajstić information content (AvgIpc) is 3.17. The van der Waals surface area contributed by atoms with Gasteiger partial charge in [-0.1, -0.05) is 6.07 Å². The van der Waals surface area contributed by atoms with E-state index < -0.39 is 6.43 Å². The van der Waals surface area contributed by atoms with Crippen molar-refractivity contribution in [1.29, 1.82) is 0 Å². The summed E-state index contributed by atoms with van der Waals surface area (Å²) in [7, 11) is 1.52. The molecule has 0 aliphatic rings. The molecule has 0 atom stereocenters. The normalized spacial score (nSPS) is 11.1. The lowest BCUT2D eigenvalue weighted by Crippen LogP contribution is -2.05. The van der Waals surface area contributed by atoms with Crippen LogP contribution in [0.3, 0.4) is 0 Å². The molecular formula is C18H14F2N6O. The Bertz CT molecular complexity index is 1100. The number of fused-ring (bicyclic) bond motifs is 1. The minimum absolute atomic E-state index is 0.207. The summed E-state index contributed by atoms with van der Waals surface area (Å²) in [4.78, 5) is 12.6. The molecule has 0 radical (unpaired) electrons. The van der Waals surface area contributed by atoms with Crippen LogP contribution >= 0.6 is 0 Å². The van der Waals surface area contributed by atoms with E-state index in [9.17, 15) is 8.78 Å². The standard InChI is InChI=1S/C18H14F2N6O/c1-27-15-6-2-4-13(22-15)17-24-18(14-5-3-9-26(14)25-17)23-12-7-8-21-10-11(12)16(19)20/h2-10,16H,1H3,(H,21,23,24,25). The Kier molecular flexibility index (Phi) is 4.33. The molecule has 4 aromatic rings. The number of alkyl halides is 2. The zero-order valence-electron chi connectivity index (χ0n) is 14.2. The molecule has 9 heteroatoms. The number of methoxy groups -OCH3 is 1. The van der Waals surface area contributed by atoms with E-state index in [0.717, 1.165) is 6.20 Å². The molecule has 136 valence electrons. The van der Waals surface area contributed by atoms with Crippen LogP contribution in [-0.2, 0) is 0 Å². The molecule has 27 heavy (non-hydrogen) atoms. The Morgan fingerprint density at radius 1 is 1.11 bits per heavy atom. The average molecular weight is 368 g/mol. The van der Waals surface area contributed by atoms with Gasteiger partial charge in [-0.05, 0) is 24.3 Å². The molecule has 1 N–H and O–H groups in total. The molecule has 0 amide bonds. The molecule has 0 unspecified atom stereocenters. The maximum atomic E-state index is 13.3. The summed E-state index contributed by atoms with van der Waals surface area (Å²) < 4.78 is 33.3. The molecule has 4 heterocycles. The van der Waals surface area contributed by atoms with Gasteiger partial charge < -0.3 is 10.1 Å². The summed E-state index contributed by atoms with van der Waals surface area (Å²) in [6, 6.07) is 10.3. The van der Waals surface area contributed by atoms with Gasteiger partial charge in [0.15, 0.2) is 5.82 Å². The van der Waals surface area contributed by atoms with E-state index in [1.54, 1.807) is 41.0 Å². The second-order valence-corrected chi connectivity index (χ2v) is 5.58. The maximum Gasteiger partial charge on any atom is 0.267 e. The smallest absolute Gasteiger partial charge is 0.267 e. The van der Waals surface area contributed by atoms with Gasteiger partial charge in [0.05, 0.1) is 18.4 Å². The van der Waals surface area contributed by atoms with Crippen molar-refractivity contribution in [2.75, 3.05) is 12.4 Å². The van der Waals surface area contributed by atoms with Crippen LogP contribution in [-0.4, -0.2) is 31.7 Å². The lowest BCUT2D eigenvalue weighted by Gasteiger charge is -2.12. The zero-order valence-corrected chi connectivity index (χ0v) is 14.2. The summed E-state index contributed by atoms with van der Waals surface area (Å²) in [5.41, 5.74) is 1.16. The molecular weight excluding hydrogens is 354 g/mol. The van der Waals surface area contributed by atoms with Crippen molar-refractivity contribution >= 4 is 17.0 Å². The number of pyridine rings is 2. The minimum atomic E-state index is -2.66. The van der Waals surface area contributed by atoms with Gasteiger partial charge in [0.1, 0.15) is 11.2 Å². The Balaban J connectivity index is 1.82. The van der Waals surface area contributed by atoms with Crippen LogP contribution in [0.4, 0.5) is 20.3 Å². The SMILES string of the molecule is COc1cccc(-c2nc(Nc3ccncc3C(F)F)c3cccn3n2)n1. The molecule has 0 spiro atoms. The largest absolute Gasteiger partial charge is 0.481 e. The topological polar surface area (TPSA) is 77.2 Å². The molecule has 4 rings (SSSR count). The van der Waals surface area contributed by atoms with Crippen LogP contribution in [0.25, 0.3) is 17.0 Å². The fraction of sp³-hybridized carbons (Fsp3) is 0.111. The molecule has 0 aliphatic carbocycles. The molecule has 0 bridgehead atoms. The first kappa shape index (κ1) is 16.8. The fourth-order valence-corrected chi connectivity index (χ4v) is 2.61. The highest BCUT2D eigenvalue weighted by Crippen LogP contribution is 2.30. The Hall–Kier alpha value is -3.62. The van der Waals surface area contributed by atoms with Gasteiger partial charge in [-0.15, -0.1) is 5.10 Å². The second-order valence-electron chi connectivity index (χ2n) is 5.58. The van der Waals surface area contributed by atoms with E-state index in [0.29, 0.717) is 28.7 Å². The van der Waals surface area contributed by atoms with Crippen molar-refractivity contribution in [3.63, 3.8) is 0 Å². The summed E-state index contributed by atoms with van der Waals surface area (Å²) in [5, 5.41) is 7.40. The number of nitrogens with zero attached hydrogens (tertiary/aromatic N) is 5. The zero-order chi connectivity index (χ0) is 18.8. The highest BCUT2D eigenvalue weighted by atomic mass is 19.3. The van der Waals surface area contributed by atoms with Gasteiger partial charge >= 0.3 is 0 Å². The van der Waals surface area contributed by atoms with E-state index in [1.807, 2.05) is 0 Å². The van der Waals surface area contributed by atoms with Gasteiger partial charge in [-0.25, -0.2) is 23.3 Å². The van der Waals surface area contributed by atoms with E-state index in [-0.39, 0.29) is 11.3 Å². The summed E-state index contributed by atoms with van der Waals surface area (Å²) in [5.74, 6) is 1.13. The molecule has 0 saturated carbocycles. The van der Waals surface area contributed by atoms with Gasteiger partial charge in [0, 0.05) is 24.7 Å². The third kappa shape index (κ3) is 3.26. The lowest BCUT2D eigenvalue weighted by molar-refractivity contribution is 0.152. The van der Waals surface area contributed by atoms with Crippen molar-refractivity contribution in [2.24, 2.45) is 0 Å². The number of hydrogen-bond donors (Lipinski definition) is 1. The van der Waals surface area contributed by atoms with Gasteiger partial charge in [0.2, 0.25) is 11.7 Å². The second kappa shape index (κ2) is 6.94. The first-order chi connectivity index (χ1) is 13.2. The van der Waals surface area contributed by atoms with E-state index >= 15 is 0 Å². The van der Waals surface area contributed by atoms with E-state index in [4.69, 9.17) is 4.74 Å². The maximum absolute atomic E-state index is 13.3. The van der Waals surface area contributed by atoms with Gasteiger partial charge in [-0.2, -0.15) is 0 Å². The van der Waals surface area contributed by atoms with Crippen molar-refractivity contribution in [3.8, 4) is 17.4 Å². The number of nitrogens with one attached hydrogen (secondary N) is 1. The fourth-order valence-electron chi connectivity index (χ4n) is 2.61. The van der Waals surface area contributed by atoms with Crippen LogP contribution in [0, 0.1) is 0 Å². The predicted octanol–water partition coefficient (Wildman–Crippen LogP) is 3.88. The quantitative estimate of drug-likeness (QED) is 0.576. The predicted molar refractivity (Wildman–Crippen MR) is 95.2 cm³/mol. The van der Waals surface area contributed by atoms with Crippen molar-refractivity contribution in [3.05, 3.63) is 60.6 Å². The molecule has 0 saturated heterocycles. The van der Waals surface area contributed by atoms with Crippen molar-refractivity contribution < 1.29 is 13.5 Å². The first-order valence-electron chi connectivity index (χ1n) is 8.01. The van der Waals surface area contributed by atoms with Crippen LogP contribution < -0.4 is 10.1 Å². The van der Waals surface area contributed by atoms with Crippen LogP contribution in [0.2, 0.25) is 0 Å². The van der Waals surface area contributed by atoms with E-state index in [1.165, 1.54) is 19.4 Å². The number of anilines is 2. The van der Waals surface area contributed by atoms with Crippen LogP contribution in [0.5, 0.6) is 5.88 Å².